The molecule has 2 heterocycles. The van der Waals surface area contributed by atoms with Gasteiger partial charge in [-0.05, 0) is 64.3 Å². The van der Waals surface area contributed by atoms with Gasteiger partial charge < -0.3 is 15.0 Å². The van der Waals surface area contributed by atoms with Gasteiger partial charge in [-0.2, -0.15) is 5.10 Å². The maximum atomic E-state index is 6.10. The van der Waals surface area contributed by atoms with Crippen LogP contribution in [0.15, 0.2) is 30.5 Å². The second kappa shape index (κ2) is 4.86. The third-order valence-corrected chi connectivity index (χ3v) is 4.56. The zero-order chi connectivity index (χ0) is 16.1. The topological polar surface area (TPSA) is 62.3 Å². The lowest BCUT2D eigenvalue weighted by Gasteiger charge is -2.32. The molecule has 0 atom stereocenters. The summed E-state index contributed by atoms with van der Waals surface area (Å²) in [5.74, 6) is 0. The molecule has 1 saturated heterocycles. The monoisotopic (exact) mass is 299 g/mol. The first-order valence-corrected chi connectivity index (χ1v) is 7.47. The van der Waals surface area contributed by atoms with E-state index in [4.69, 9.17) is 15.0 Å². The minimum Gasteiger partial charge on any atom is -0.399 e. The van der Waals surface area contributed by atoms with Crippen LogP contribution >= 0.6 is 0 Å². The van der Waals surface area contributed by atoms with Crippen molar-refractivity contribution in [2.75, 3.05) is 5.73 Å². The molecular weight excluding hydrogens is 277 g/mol. The molecule has 1 aliphatic rings. The number of aryl methyl sites for hydroxylation is 1. The largest absolute Gasteiger partial charge is 0.494 e. The van der Waals surface area contributed by atoms with Crippen LogP contribution in [0.5, 0.6) is 0 Å². The second-order valence-corrected chi connectivity index (χ2v) is 6.83. The van der Waals surface area contributed by atoms with Crippen LogP contribution in [-0.2, 0) is 9.31 Å². The molecule has 0 bridgehead atoms. The van der Waals surface area contributed by atoms with Crippen LogP contribution in [0.2, 0.25) is 0 Å². The molecule has 116 valence electrons. The van der Waals surface area contributed by atoms with E-state index in [9.17, 15) is 0 Å². The minimum absolute atomic E-state index is 0.371. The molecule has 6 heteroatoms. The number of nitrogens with zero attached hydrogens (tertiary/aromatic N) is 2. The smallest absolute Gasteiger partial charge is 0.399 e. The number of rotatable bonds is 2. The maximum absolute atomic E-state index is 6.10. The lowest BCUT2D eigenvalue weighted by molar-refractivity contribution is 0.00578. The van der Waals surface area contributed by atoms with Gasteiger partial charge in [-0.25, -0.2) is 4.68 Å². The van der Waals surface area contributed by atoms with Crippen molar-refractivity contribution in [3.63, 3.8) is 0 Å². The molecule has 0 spiro atoms. The van der Waals surface area contributed by atoms with Crippen LogP contribution in [0, 0.1) is 6.92 Å². The number of aromatic nitrogens is 2. The first kappa shape index (κ1) is 15.1. The summed E-state index contributed by atoms with van der Waals surface area (Å²) < 4.78 is 14.1. The fraction of sp³-hybridized carbons (Fsp3) is 0.438. The maximum Gasteiger partial charge on any atom is 0.494 e. The number of nitrogen functional groups attached to an aromatic ring is 1. The number of benzene rings is 1. The van der Waals surface area contributed by atoms with E-state index in [0.717, 1.165) is 16.8 Å². The van der Waals surface area contributed by atoms with Crippen molar-refractivity contribution < 1.29 is 9.31 Å². The molecule has 5 nitrogen and oxygen atoms in total. The van der Waals surface area contributed by atoms with Crippen molar-refractivity contribution in [2.45, 2.75) is 45.8 Å². The van der Waals surface area contributed by atoms with Crippen molar-refractivity contribution in [3.8, 4) is 5.69 Å². The Hall–Kier alpha value is -1.79. The van der Waals surface area contributed by atoms with Gasteiger partial charge in [0.05, 0.1) is 16.9 Å². The van der Waals surface area contributed by atoms with Crippen molar-refractivity contribution in [1.82, 2.24) is 9.78 Å². The zero-order valence-corrected chi connectivity index (χ0v) is 13.8. The van der Waals surface area contributed by atoms with Gasteiger partial charge in [0.25, 0.3) is 0 Å². The highest BCUT2D eigenvalue weighted by Crippen LogP contribution is 2.36. The van der Waals surface area contributed by atoms with Crippen LogP contribution in [0.4, 0.5) is 5.69 Å². The summed E-state index contributed by atoms with van der Waals surface area (Å²) in [7, 11) is -0.428. The van der Waals surface area contributed by atoms with E-state index in [1.54, 1.807) is 6.20 Å². The standard InChI is InChI=1S/C16H22BN3O2/c1-11-6-7-19-20(11)14-9-12(8-13(18)10-14)17-21-15(2,3)16(4,5)22-17/h6-10H,18H2,1-5H3. The Balaban J connectivity index is 2.00. The Bertz CT molecular complexity index is 693. The Morgan fingerprint density at radius 3 is 2.27 bits per heavy atom. The average Bonchev–Trinajstić information content (AvgIpc) is 2.91. The third kappa shape index (κ3) is 2.42. The van der Waals surface area contributed by atoms with Crippen LogP contribution in [0.1, 0.15) is 33.4 Å². The quantitative estimate of drug-likeness (QED) is 0.681. The van der Waals surface area contributed by atoms with Gasteiger partial charge >= 0.3 is 7.12 Å². The van der Waals surface area contributed by atoms with E-state index in [1.807, 2.05) is 63.6 Å². The Morgan fingerprint density at radius 2 is 1.73 bits per heavy atom. The van der Waals surface area contributed by atoms with Gasteiger partial charge in [0, 0.05) is 17.6 Å². The molecule has 0 unspecified atom stereocenters. The van der Waals surface area contributed by atoms with Gasteiger partial charge in [-0.3, -0.25) is 0 Å². The molecule has 2 aromatic rings. The fourth-order valence-electron chi connectivity index (χ4n) is 2.54. The molecule has 0 radical (unpaired) electrons. The Morgan fingerprint density at radius 1 is 1.09 bits per heavy atom. The first-order chi connectivity index (χ1) is 10.2. The highest BCUT2D eigenvalue weighted by Gasteiger charge is 2.51. The van der Waals surface area contributed by atoms with Gasteiger partial charge in [0.2, 0.25) is 0 Å². The van der Waals surface area contributed by atoms with E-state index in [0.29, 0.717) is 5.69 Å². The first-order valence-electron chi connectivity index (χ1n) is 7.47. The predicted octanol–water partition coefficient (Wildman–Crippen LogP) is 2.06. The lowest BCUT2D eigenvalue weighted by atomic mass is 9.78. The van der Waals surface area contributed by atoms with Crippen LogP contribution < -0.4 is 11.2 Å². The molecule has 1 aliphatic heterocycles. The summed E-state index contributed by atoms with van der Waals surface area (Å²) in [6.07, 6.45) is 1.77. The molecule has 0 amide bonds. The number of nitrogens with two attached hydrogens (primary N) is 1. The molecule has 0 aliphatic carbocycles. The molecule has 22 heavy (non-hydrogen) atoms. The SMILES string of the molecule is Cc1ccnn1-c1cc(N)cc(B2OC(C)(C)C(C)(C)O2)c1. The molecule has 1 fully saturated rings. The zero-order valence-electron chi connectivity index (χ0n) is 13.8. The summed E-state index contributed by atoms with van der Waals surface area (Å²) in [5.41, 5.74) is 8.85. The van der Waals surface area contributed by atoms with Crippen molar-refractivity contribution in [3.05, 3.63) is 36.2 Å². The van der Waals surface area contributed by atoms with Gasteiger partial charge in [0.1, 0.15) is 0 Å². The summed E-state index contributed by atoms with van der Waals surface area (Å²) in [6.45, 7) is 10.2. The van der Waals surface area contributed by atoms with Gasteiger partial charge in [-0.15, -0.1) is 0 Å². The van der Waals surface area contributed by atoms with Crippen LogP contribution in [0.3, 0.4) is 0 Å². The van der Waals surface area contributed by atoms with E-state index >= 15 is 0 Å². The third-order valence-electron chi connectivity index (χ3n) is 4.56. The van der Waals surface area contributed by atoms with Crippen molar-refractivity contribution >= 4 is 18.3 Å². The average molecular weight is 299 g/mol. The van der Waals surface area contributed by atoms with Gasteiger partial charge in [-0.1, -0.05) is 0 Å². The van der Waals surface area contributed by atoms with Crippen molar-refractivity contribution in [1.29, 1.82) is 0 Å². The Kier molecular flexibility index (Phi) is 3.34. The van der Waals surface area contributed by atoms with Crippen LogP contribution in [0.25, 0.3) is 5.69 Å². The molecule has 1 aromatic carbocycles. The molecule has 2 N–H and O–H groups in total. The minimum atomic E-state index is -0.428. The van der Waals surface area contributed by atoms with Crippen molar-refractivity contribution in [2.24, 2.45) is 0 Å². The van der Waals surface area contributed by atoms with E-state index in [2.05, 4.69) is 5.10 Å². The summed E-state index contributed by atoms with van der Waals surface area (Å²) in [6, 6.07) is 7.76. The lowest BCUT2D eigenvalue weighted by Crippen LogP contribution is -2.41. The Labute approximate surface area is 131 Å². The molecular formula is C16H22BN3O2. The summed E-state index contributed by atoms with van der Waals surface area (Å²) in [4.78, 5) is 0. The van der Waals surface area contributed by atoms with E-state index in [-0.39, 0.29) is 11.2 Å². The number of hydrogen-bond acceptors (Lipinski definition) is 4. The van der Waals surface area contributed by atoms with E-state index in [1.165, 1.54) is 0 Å². The fourth-order valence-corrected chi connectivity index (χ4v) is 2.54. The molecule has 1 aromatic heterocycles. The second-order valence-electron chi connectivity index (χ2n) is 6.83. The van der Waals surface area contributed by atoms with Gasteiger partial charge in [0.15, 0.2) is 0 Å². The summed E-state index contributed by atoms with van der Waals surface area (Å²) in [5, 5.41) is 4.33. The predicted molar refractivity (Wildman–Crippen MR) is 88.4 cm³/mol. The van der Waals surface area contributed by atoms with E-state index < -0.39 is 7.12 Å². The summed E-state index contributed by atoms with van der Waals surface area (Å²) >= 11 is 0. The number of anilines is 1. The number of hydrogen-bond donors (Lipinski definition) is 1. The van der Waals surface area contributed by atoms with Crippen LogP contribution in [-0.4, -0.2) is 28.1 Å². The molecule has 0 saturated carbocycles. The molecule has 3 rings (SSSR count). The highest BCUT2D eigenvalue weighted by atomic mass is 16.7. The normalized spacial score (nSPS) is 19.6. The highest BCUT2D eigenvalue weighted by molar-refractivity contribution is 6.62.